The molecule has 0 saturated heterocycles. The summed E-state index contributed by atoms with van der Waals surface area (Å²) in [6.45, 7) is 1.97. The molecule has 4 aromatic rings. The molecular formula is C23H17FN4OS2. The van der Waals surface area contributed by atoms with Crippen LogP contribution >= 0.6 is 23.6 Å². The molecule has 1 N–H and O–H groups in total. The minimum Gasteiger partial charge on any atom is -0.351 e. The van der Waals surface area contributed by atoms with Crippen LogP contribution in [0, 0.1) is 5.82 Å². The van der Waals surface area contributed by atoms with E-state index in [0.717, 1.165) is 27.4 Å². The highest BCUT2D eigenvalue weighted by atomic mass is 32.1. The second-order valence-electron chi connectivity index (χ2n) is 7.00. The molecule has 2 aromatic heterocycles. The summed E-state index contributed by atoms with van der Waals surface area (Å²) < 4.78 is 19.3. The van der Waals surface area contributed by atoms with E-state index in [1.165, 1.54) is 12.1 Å². The van der Waals surface area contributed by atoms with Crippen LogP contribution < -0.4 is 10.2 Å². The number of aromatic nitrogens is 2. The molecule has 154 valence electrons. The minimum atomic E-state index is -0.357. The Kier molecular flexibility index (Phi) is 5.09. The van der Waals surface area contributed by atoms with Crippen molar-refractivity contribution in [1.82, 2.24) is 15.5 Å². The van der Waals surface area contributed by atoms with Crippen molar-refractivity contribution in [2.45, 2.75) is 13.0 Å². The number of rotatable bonds is 4. The first-order valence-corrected chi connectivity index (χ1v) is 10.9. The van der Waals surface area contributed by atoms with Gasteiger partial charge >= 0.3 is 0 Å². The Bertz CT molecular complexity index is 1250. The van der Waals surface area contributed by atoms with Crippen molar-refractivity contribution in [3.8, 4) is 10.7 Å². The van der Waals surface area contributed by atoms with E-state index in [0.29, 0.717) is 16.8 Å². The smallest absolute Gasteiger partial charge is 0.258 e. The van der Waals surface area contributed by atoms with E-state index in [9.17, 15) is 4.39 Å². The van der Waals surface area contributed by atoms with Gasteiger partial charge in [0, 0.05) is 11.4 Å². The zero-order valence-electron chi connectivity index (χ0n) is 16.4. The maximum absolute atomic E-state index is 13.6. The van der Waals surface area contributed by atoms with E-state index in [1.54, 1.807) is 23.5 Å². The molecular weight excluding hydrogens is 431 g/mol. The number of benzene rings is 2. The fourth-order valence-corrected chi connectivity index (χ4v) is 4.66. The van der Waals surface area contributed by atoms with E-state index in [4.69, 9.17) is 16.7 Å². The largest absolute Gasteiger partial charge is 0.351 e. The predicted molar refractivity (Wildman–Crippen MR) is 124 cm³/mol. The number of halogens is 1. The maximum Gasteiger partial charge on any atom is 0.258 e. The highest BCUT2D eigenvalue weighted by molar-refractivity contribution is 7.80. The highest BCUT2D eigenvalue weighted by Gasteiger charge is 2.34. The predicted octanol–water partition coefficient (Wildman–Crippen LogP) is 5.80. The quantitative estimate of drug-likeness (QED) is 0.398. The van der Waals surface area contributed by atoms with Crippen LogP contribution in [-0.2, 0) is 0 Å². The van der Waals surface area contributed by atoms with Crippen molar-refractivity contribution in [2.75, 3.05) is 4.90 Å². The molecule has 31 heavy (non-hydrogen) atoms. The Morgan fingerprint density at radius 1 is 1.06 bits per heavy atom. The summed E-state index contributed by atoms with van der Waals surface area (Å²) in [5, 5.41) is 10.1. The molecule has 0 spiro atoms. The van der Waals surface area contributed by atoms with Crippen LogP contribution in [-0.4, -0.2) is 15.3 Å². The Morgan fingerprint density at radius 2 is 1.84 bits per heavy atom. The van der Waals surface area contributed by atoms with Gasteiger partial charge in [-0.15, -0.1) is 11.3 Å². The summed E-state index contributed by atoms with van der Waals surface area (Å²) in [6, 6.07) is 19.7. The average Bonchev–Trinajstić information content (AvgIpc) is 3.47. The monoisotopic (exact) mass is 448 g/mol. The van der Waals surface area contributed by atoms with Crippen LogP contribution in [0.2, 0.25) is 0 Å². The van der Waals surface area contributed by atoms with E-state index in [2.05, 4.69) is 15.5 Å². The molecule has 0 fully saturated rings. The van der Waals surface area contributed by atoms with Crippen molar-refractivity contribution in [1.29, 1.82) is 0 Å². The molecule has 2 aromatic carbocycles. The first kappa shape index (κ1) is 19.6. The van der Waals surface area contributed by atoms with Crippen molar-refractivity contribution in [3.05, 3.63) is 95.1 Å². The van der Waals surface area contributed by atoms with Gasteiger partial charge in [-0.25, -0.2) is 4.39 Å². The van der Waals surface area contributed by atoms with Gasteiger partial charge in [0.1, 0.15) is 5.82 Å². The molecule has 3 heterocycles. The molecule has 5 rings (SSSR count). The SMILES string of the molecule is CC1=C(c2nc(-c3cccs3)no2)C(c2ccc(F)cc2)NC(=S)N1c1ccccc1. The van der Waals surface area contributed by atoms with E-state index < -0.39 is 0 Å². The number of thiophene rings is 1. The first-order chi connectivity index (χ1) is 15.1. The van der Waals surface area contributed by atoms with Crippen LogP contribution in [0.3, 0.4) is 0 Å². The standard InChI is InChI=1S/C23H17FN4OS2/c1-14-19(22-26-21(27-29-22)18-8-5-13-31-18)20(15-9-11-16(24)12-10-15)25-23(30)28(14)17-6-3-2-4-7-17/h2-13,20H,1H3,(H,25,30). The van der Waals surface area contributed by atoms with Crippen LogP contribution in [0.1, 0.15) is 24.4 Å². The summed E-state index contributed by atoms with van der Waals surface area (Å²) in [5.74, 6) is 0.627. The van der Waals surface area contributed by atoms with Gasteiger partial charge < -0.3 is 9.84 Å². The molecule has 0 bridgehead atoms. The molecule has 0 aliphatic carbocycles. The van der Waals surface area contributed by atoms with Crippen LogP contribution in [0.5, 0.6) is 0 Å². The number of allylic oxidation sites excluding steroid dienone is 1. The number of hydrogen-bond donors (Lipinski definition) is 1. The van der Waals surface area contributed by atoms with E-state index in [-0.39, 0.29) is 11.9 Å². The first-order valence-electron chi connectivity index (χ1n) is 9.61. The maximum atomic E-state index is 13.6. The van der Waals surface area contributed by atoms with Crippen LogP contribution in [0.4, 0.5) is 10.1 Å². The average molecular weight is 449 g/mol. The fraction of sp³-hybridized carbons (Fsp3) is 0.0870. The lowest BCUT2D eigenvalue weighted by atomic mass is 9.94. The third-order valence-corrected chi connectivity index (χ3v) is 6.27. The van der Waals surface area contributed by atoms with Crippen molar-refractivity contribution >= 4 is 39.9 Å². The molecule has 5 nitrogen and oxygen atoms in total. The van der Waals surface area contributed by atoms with Gasteiger partial charge in [0.05, 0.1) is 16.5 Å². The lowest BCUT2D eigenvalue weighted by Gasteiger charge is -2.37. The normalized spacial score (nSPS) is 16.5. The van der Waals surface area contributed by atoms with Gasteiger partial charge in [-0.1, -0.05) is 41.6 Å². The lowest BCUT2D eigenvalue weighted by molar-refractivity contribution is 0.404. The van der Waals surface area contributed by atoms with Gasteiger partial charge in [0.2, 0.25) is 5.82 Å². The molecule has 1 aliphatic heterocycles. The number of nitrogens with zero attached hydrogens (tertiary/aromatic N) is 3. The van der Waals surface area contributed by atoms with Gasteiger partial charge in [-0.2, -0.15) is 4.98 Å². The van der Waals surface area contributed by atoms with Crippen LogP contribution in [0.15, 0.2) is 82.3 Å². The number of nitrogens with one attached hydrogen (secondary N) is 1. The second kappa shape index (κ2) is 8.05. The van der Waals surface area contributed by atoms with Crippen molar-refractivity contribution in [3.63, 3.8) is 0 Å². The van der Waals surface area contributed by atoms with E-state index in [1.807, 2.05) is 59.7 Å². The Hall–Kier alpha value is -3.36. The second-order valence-corrected chi connectivity index (χ2v) is 8.34. The molecule has 8 heteroatoms. The third kappa shape index (κ3) is 3.64. The summed E-state index contributed by atoms with van der Waals surface area (Å²) in [6.07, 6.45) is 0. The highest BCUT2D eigenvalue weighted by Crippen LogP contribution is 2.39. The van der Waals surface area contributed by atoms with Gasteiger partial charge in [-0.05, 0) is 60.4 Å². The molecule has 1 atom stereocenters. The van der Waals surface area contributed by atoms with Gasteiger partial charge in [-0.3, -0.25) is 4.90 Å². The summed E-state index contributed by atoms with van der Waals surface area (Å²) in [5.41, 5.74) is 3.43. The fourth-order valence-electron chi connectivity index (χ4n) is 3.65. The molecule has 0 saturated carbocycles. The lowest BCUT2D eigenvalue weighted by Crippen LogP contribution is -2.46. The summed E-state index contributed by atoms with van der Waals surface area (Å²) >= 11 is 7.25. The third-order valence-electron chi connectivity index (χ3n) is 5.10. The topological polar surface area (TPSA) is 54.2 Å². The number of anilines is 1. The molecule has 1 aliphatic rings. The van der Waals surface area contributed by atoms with Crippen molar-refractivity contribution < 1.29 is 8.91 Å². The zero-order chi connectivity index (χ0) is 21.4. The minimum absolute atomic E-state index is 0.298. The Balaban J connectivity index is 1.66. The molecule has 1 unspecified atom stereocenters. The van der Waals surface area contributed by atoms with E-state index >= 15 is 0 Å². The zero-order valence-corrected chi connectivity index (χ0v) is 18.1. The number of hydrogen-bond acceptors (Lipinski definition) is 5. The summed E-state index contributed by atoms with van der Waals surface area (Å²) in [7, 11) is 0. The van der Waals surface area contributed by atoms with Gasteiger partial charge in [0.25, 0.3) is 5.89 Å². The molecule has 0 radical (unpaired) electrons. The van der Waals surface area contributed by atoms with Crippen LogP contribution in [0.25, 0.3) is 16.3 Å². The summed E-state index contributed by atoms with van der Waals surface area (Å²) in [4.78, 5) is 7.53. The Labute approximate surface area is 187 Å². The van der Waals surface area contributed by atoms with Gasteiger partial charge in [0.15, 0.2) is 5.11 Å². The molecule has 0 amide bonds. The Morgan fingerprint density at radius 3 is 2.55 bits per heavy atom. The number of para-hydroxylation sites is 1. The van der Waals surface area contributed by atoms with Crippen molar-refractivity contribution in [2.24, 2.45) is 0 Å². The number of thiocarbonyl (C=S) groups is 1.